The highest BCUT2D eigenvalue weighted by atomic mass is 31.2. The lowest BCUT2D eigenvalue weighted by Gasteiger charge is -2.25. The molecule has 46 heavy (non-hydrogen) atoms. The lowest BCUT2D eigenvalue weighted by Crippen LogP contribution is -2.48. The fourth-order valence-corrected chi connectivity index (χ4v) is 5.98. The summed E-state index contributed by atoms with van der Waals surface area (Å²) in [6.07, 6.45) is -6.20. The van der Waals surface area contributed by atoms with E-state index in [-0.39, 0.29) is 16.9 Å². The molecule has 1 fully saturated rings. The molecule has 2 N–H and O–H groups in total. The number of nitrogens with one attached hydrogen (secondary N) is 1. The van der Waals surface area contributed by atoms with Gasteiger partial charge in [0.25, 0.3) is 5.56 Å². The molecular formula is C30H35FN3O11P. The van der Waals surface area contributed by atoms with Crippen molar-refractivity contribution in [3.63, 3.8) is 0 Å². The van der Waals surface area contributed by atoms with E-state index in [0.717, 1.165) is 19.2 Å². The summed E-state index contributed by atoms with van der Waals surface area (Å²) in [5, 5.41) is 13.3. The number of ether oxygens (including phenoxy) is 3. The third-order valence-corrected chi connectivity index (χ3v) is 8.45. The SMILES string of the molecule is CC(C)OC(=O)[C@H](C)N[P@](=O)(OC[C@H]1O[C@@H](n2ccc(=O)n(C(=O)OCc3ccccc3)c2=O)[C@](C)(F)[C@@H]1O)Oc1ccccc1. The second kappa shape index (κ2) is 14.5. The van der Waals surface area contributed by atoms with E-state index >= 15 is 4.39 Å². The van der Waals surface area contributed by atoms with Crippen LogP contribution in [0.2, 0.25) is 0 Å². The molecule has 1 aromatic heterocycles. The molecule has 2 heterocycles. The largest absolute Gasteiger partial charge is 0.462 e. The number of benzene rings is 2. The molecule has 0 amide bonds. The highest BCUT2D eigenvalue weighted by Crippen LogP contribution is 2.47. The fraction of sp³-hybridized carbons (Fsp3) is 0.400. The zero-order valence-electron chi connectivity index (χ0n) is 25.5. The van der Waals surface area contributed by atoms with Gasteiger partial charge < -0.3 is 23.8 Å². The van der Waals surface area contributed by atoms with Crippen LogP contribution < -0.4 is 20.9 Å². The minimum atomic E-state index is -4.42. The topological polar surface area (TPSA) is 174 Å². The standard InChI is InChI=1S/C30H35FN3O11P/c1-19(2)43-26(37)20(3)32-46(40,45-22-13-9-6-10-14-22)42-18-23-25(36)30(4,31)27(44-23)33-16-15-24(35)34(28(33)38)29(39)41-17-21-11-7-5-8-12-21/h5-16,19-20,23,25,27,36H,17-18H2,1-4H3,(H,32,40)/t20-,23+,25+,27+,30+,46-/m0/s1. The lowest BCUT2D eigenvalue weighted by molar-refractivity contribution is -0.149. The number of hydrogen-bond donors (Lipinski definition) is 2. The number of aliphatic hydroxyl groups excluding tert-OH is 1. The Kier molecular flexibility index (Phi) is 11.0. The Morgan fingerprint density at radius 2 is 1.70 bits per heavy atom. The smallest absolute Gasteiger partial charge is 0.459 e. The van der Waals surface area contributed by atoms with Crippen LogP contribution in [0.4, 0.5) is 9.18 Å². The number of carbonyl (C=O) groups excluding carboxylic acids is 2. The van der Waals surface area contributed by atoms with Gasteiger partial charge in [0.2, 0.25) is 0 Å². The van der Waals surface area contributed by atoms with Crippen LogP contribution in [0.1, 0.15) is 39.5 Å². The summed E-state index contributed by atoms with van der Waals surface area (Å²) in [4.78, 5) is 50.8. The Labute approximate surface area is 263 Å². The predicted octanol–water partition coefficient (Wildman–Crippen LogP) is 3.31. The first-order valence-electron chi connectivity index (χ1n) is 14.3. The maximum atomic E-state index is 16.0. The van der Waals surface area contributed by atoms with E-state index in [1.54, 1.807) is 62.4 Å². The van der Waals surface area contributed by atoms with Crippen molar-refractivity contribution in [2.24, 2.45) is 0 Å². The molecular weight excluding hydrogens is 628 g/mol. The fourth-order valence-electron chi connectivity index (χ4n) is 4.48. The molecule has 1 saturated heterocycles. The first-order chi connectivity index (χ1) is 21.7. The monoisotopic (exact) mass is 663 g/mol. The summed E-state index contributed by atoms with van der Waals surface area (Å²) < 4.78 is 57.6. The van der Waals surface area contributed by atoms with E-state index < -0.39 is 73.9 Å². The molecule has 0 bridgehead atoms. The molecule has 0 radical (unpaired) electrons. The van der Waals surface area contributed by atoms with E-state index in [1.807, 2.05) is 0 Å². The summed E-state index contributed by atoms with van der Waals surface area (Å²) in [5.74, 6) is -0.641. The van der Waals surface area contributed by atoms with Gasteiger partial charge in [0.15, 0.2) is 11.9 Å². The van der Waals surface area contributed by atoms with E-state index in [2.05, 4.69) is 5.09 Å². The van der Waals surface area contributed by atoms with E-state index in [4.69, 9.17) is 23.3 Å². The number of hydrogen-bond acceptors (Lipinski definition) is 11. The van der Waals surface area contributed by atoms with Gasteiger partial charge in [0, 0.05) is 12.3 Å². The van der Waals surface area contributed by atoms with Crippen LogP contribution in [-0.4, -0.2) is 62.9 Å². The first-order valence-corrected chi connectivity index (χ1v) is 15.8. The predicted molar refractivity (Wildman–Crippen MR) is 161 cm³/mol. The van der Waals surface area contributed by atoms with Gasteiger partial charge in [-0.05, 0) is 45.4 Å². The maximum Gasteiger partial charge on any atom is 0.459 e. The Balaban J connectivity index is 1.54. The zero-order valence-corrected chi connectivity index (χ0v) is 26.4. The van der Waals surface area contributed by atoms with Gasteiger partial charge >= 0.3 is 25.5 Å². The van der Waals surface area contributed by atoms with Crippen LogP contribution >= 0.6 is 7.75 Å². The molecule has 0 unspecified atom stereocenters. The van der Waals surface area contributed by atoms with Gasteiger partial charge in [-0.1, -0.05) is 48.5 Å². The molecule has 6 atom stereocenters. The number of halogens is 1. The number of para-hydroxylation sites is 1. The quantitative estimate of drug-likeness (QED) is 0.214. The average Bonchev–Trinajstić information content (AvgIpc) is 3.23. The molecule has 2 aromatic carbocycles. The lowest BCUT2D eigenvalue weighted by atomic mass is 9.98. The van der Waals surface area contributed by atoms with Crippen molar-refractivity contribution in [1.82, 2.24) is 14.2 Å². The summed E-state index contributed by atoms with van der Waals surface area (Å²) >= 11 is 0. The molecule has 3 aromatic rings. The van der Waals surface area contributed by atoms with Crippen molar-refractivity contribution in [2.45, 2.75) is 70.6 Å². The van der Waals surface area contributed by atoms with Crippen molar-refractivity contribution < 1.29 is 46.9 Å². The molecule has 14 nitrogen and oxygen atoms in total. The maximum absolute atomic E-state index is 16.0. The van der Waals surface area contributed by atoms with Crippen molar-refractivity contribution in [1.29, 1.82) is 0 Å². The molecule has 1 aliphatic rings. The minimum absolute atomic E-state index is 0.108. The Morgan fingerprint density at radius 1 is 1.07 bits per heavy atom. The second-order valence-electron chi connectivity index (χ2n) is 10.9. The number of aliphatic hydroxyl groups is 1. The summed E-state index contributed by atoms with van der Waals surface area (Å²) in [6, 6.07) is 16.0. The zero-order chi connectivity index (χ0) is 33.6. The van der Waals surface area contributed by atoms with Crippen LogP contribution in [0.15, 0.2) is 82.5 Å². The molecule has 0 spiro atoms. The van der Waals surface area contributed by atoms with Gasteiger partial charge in [-0.3, -0.25) is 18.7 Å². The van der Waals surface area contributed by atoms with Crippen molar-refractivity contribution >= 4 is 19.8 Å². The van der Waals surface area contributed by atoms with Gasteiger partial charge in [-0.25, -0.2) is 18.5 Å². The number of rotatable bonds is 12. The van der Waals surface area contributed by atoms with Crippen LogP contribution in [0.5, 0.6) is 5.75 Å². The number of esters is 1. The van der Waals surface area contributed by atoms with Gasteiger partial charge in [-0.15, -0.1) is 0 Å². The van der Waals surface area contributed by atoms with Crippen LogP contribution in [0.3, 0.4) is 0 Å². The molecule has 0 saturated carbocycles. The van der Waals surface area contributed by atoms with Crippen molar-refractivity contribution in [2.75, 3.05) is 6.61 Å². The molecule has 248 valence electrons. The van der Waals surface area contributed by atoms with Gasteiger partial charge in [0.05, 0.1) is 12.7 Å². The van der Waals surface area contributed by atoms with E-state index in [0.29, 0.717) is 10.1 Å². The molecule has 16 heteroatoms. The third kappa shape index (κ3) is 8.17. The summed E-state index contributed by atoms with van der Waals surface area (Å²) in [7, 11) is -4.42. The van der Waals surface area contributed by atoms with E-state index in [9.17, 15) is 28.8 Å². The molecule has 4 rings (SSSR count). The van der Waals surface area contributed by atoms with Crippen LogP contribution in [-0.2, 0) is 34.7 Å². The Hall–Kier alpha value is -4.14. The number of nitrogens with zero attached hydrogens (tertiary/aromatic N) is 2. The third-order valence-electron chi connectivity index (χ3n) is 6.80. The Bertz CT molecular complexity index is 1680. The Morgan fingerprint density at radius 3 is 2.33 bits per heavy atom. The number of alkyl halides is 1. The number of aromatic nitrogens is 2. The highest BCUT2D eigenvalue weighted by molar-refractivity contribution is 7.52. The van der Waals surface area contributed by atoms with E-state index in [1.165, 1.54) is 19.1 Å². The van der Waals surface area contributed by atoms with Gasteiger partial charge in [0.1, 0.15) is 30.6 Å². The van der Waals surface area contributed by atoms with Crippen LogP contribution in [0, 0.1) is 0 Å². The minimum Gasteiger partial charge on any atom is -0.462 e. The molecule has 1 aliphatic heterocycles. The first kappa shape index (κ1) is 34.7. The van der Waals surface area contributed by atoms with Crippen LogP contribution in [0.25, 0.3) is 0 Å². The summed E-state index contributed by atoms with van der Waals surface area (Å²) in [5.41, 5.74) is -4.41. The normalized spacial score (nSPS) is 23.0. The van der Waals surface area contributed by atoms with Crippen molar-refractivity contribution in [3.05, 3.63) is 99.3 Å². The number of carbonyl (C=O) groups is 2. The van der Waals surface area contributed by atoms with Crippen molar-refractivity contribution in [3.8, 4) is 5.75 Å². The average molecular weight is 664 g/mol. The van der Waals surface area contributed by atoms with Gasteiger partial charge in [-0.2, -0.15) is 9.65 Å². The summed E-state index contributed by atoms with van der Waals surface area (Å²) in [6.45, 7) is 4.60. The molecule has 0 aliphatic carbocycles. The highest BCUT2D eigenvalue weighted by Gasteiger charge is 2.56. The second-order valence-corrected chi connectivity index (χ2v) is 12.6.